The fourth-order valence-electron chi connectivity index (χ4n) is 1.61. The van der Waals surface area contributed by atoms with E-state index < -0.39 is 36.9 Å². The molecule has 8 nitrogen and oxygen atoms in total. The Labute approximate surface area is 142 Å². The smallest absolute Gasteiger partial charge is 0.408 e. The van der Waals surface area contributed by atoms with E-state index in [1.165, 1.54) is 12.1 Å². The molecule has 0 saturated heterocycles. The van der Waals surface area contributed by atoms with Crippen LogP contribution in [0.5, 0.6) is 11.5 Å². The lowest BCUT2D eigenvalue weighted by Gasteiger charge is -2.22. The second-order valence-electron chi connectivity index (χ2n) is 5.93. The number of anilines is 1. The summed E-state index contributed by atoms with van der Waals surface area (Å²) in [6.07, 6.45) is -0.939. The molecule has 0 saturated carbocycles. The van der Waals surface area contributed by atoms with Gasteiger partial charge in [0.25, 0.3) is 0 Å². The normalized spacial score (nSPS) is 12.4. The van der Waals surface area contributed by atoms with E-state index in [-0.39, 0.29) is 17.2 Å². The lowest BCUT2D eigenvalue weighted by molar-refractivity contribution is -0.140. The summed E-state index contributed by atoms with van der Waals surface area (Å²) in [5.74, 6) is -1.63. The van der Waals surface area contributed by atoms with Crippen LogP contribution < -0.4 is 20.5 Å². The monoisotopic (exact) mass is 362 g/mol. The van der Waals surface area contributed by atoms with Crippen molar-refractivity contribution in [3.63, 3.8) is 0 Å². The summed E-state index contributed by atoms with van der Waals surface area (Å²) in [6, 6.07) is 2.13. The summed E-state index contributed by atoms with van der Waals surface area (Å²) >= 11 is 0. The molecular weight excluding hydrogens is 342 g/mol. The second-order valence-corrected chi connectivity index (χ2v) is 5.93. The maximum Gasteiger partial charge on any atom is 0.408 e. The summed E-state index contributed by atoms with van der Waals surface area (Å²) in [5.41, 5.74) is 4.92. The topological polar surface area (TPSA) is 120 Å². The zero-order valence-corrected chi connectivity index (χ0v) is 13.9. The van der Waals surface area contributed by atoms with Crippen LogP contribution in [0.1, 0.15) is 20.8 Å². The van der Waals surface area contributed by atoms with Gasteiger partial charge in [0.1, 0.15) is 23.7 Å². The maximum atomic E-state index is 12.2. The highest BCUT2D eigenvalue weighted by molar-refractivity contribution is 5.80. The third-order valence-corrected chi connectivity index (χ3v) is 2.60. The van der Waals surface area contributed by atoms with Gasteiger partial charge in [-0.25, -0.2) is 9.59 Å². The van der Waals surface area contributed by atoms with Gasteiger partial charge in [-0.2, -0.15) is 8.78 Å². The first kappa shape index (κ1) is 20.3. The van der Waals surface area contributed by atoms with E-state index in [0.29, 0.717) is 0 Å². The fourth-order valence-corrected chi connectivity index (χ4v) is 1.61. The summed E-state index contributed by atoms with van der Waals surface area (Å²) in [4.78, 5) is 22.9. The first-order valence-electron chi connectivity index (χ1n) is 7.17. The molecule has 0 bridgehead atoms. The molecule has 0 aromatic heterocycles. The highest BCUT2D eigenvalue weighted by Gasteiger charge is 2.25. The number of ether oxygens (including phenoxy) is 3. The number of carbonyl (C=O) groups excluding carboxylic acids is 1. The first-order chi connectivity index (χ1) is 11.5. The highest BCUT2D eigenvalue weighted by atomic mass is 19.3. The van der Waals surface area contributed by atoms with Crippen molar-refractivity contribution in [2.24, 2.45) is 0 Å². The van der Waals surface area contributed by atoms with Gasteiger partial charge < -0.3 is 30.4 Å². The Morgan fingerprint density at radius 2 is 1.96 bits per heavy atom. The number of aliphatic carboxylic acids is 1. The van der Waals surface area contributed by atoms with Gasteiger partial charge >= 0.3 is 18.7 Å². The van der Waals surface area contributed by atoms with Gasteiger partial charge in [0.2, 0.25) is 0 Å². The van der Waals surface area contributed by atoms with Crippen molar-refractivity contribution in [2.45, 2.75) is 39.0 Å². The lowest BCUT2D eigenvalue weighted by atomic mass is 10.2. The van der Waals surface area contributed by atoms with E-state index in [1.807, 2.05) is 0 Å². The average Bonchev–Trinajstić information content (AvgIpc) is 2.43. The number of amides is 1. The van der Waals surface area contributed by atoms with Crippen LogP contribution in [0.3, 0.4) is 0 Å². The fraction of sp³-hybridized carbons (Fsp3) is 0.467. The van der Waals surface area contributed by atoms with Gasteiger partial charge in [-0.05, 0) is 32.9 Å². The molecule has 140 valence electrons. The van der Waals surface area contributed by atoms with Crippen LogP contribution in [0, 0.1) is 0 Å². The van der Waals surface area contributed by atoms with E-state index in [9.17, 15) is 18.4 Å². The van der Waals surface area contributed by atoms with E-state index in [2.05, 4.69) is 10.1 Å². The van der Waals surface area contributed by atoms with Gasteiger partial charge in [0.05, 0.1) is 5.69 Å². The highest BCUT2D eigenvalue weighted by Crippen LogP contribution is 2.28. The van der Waals surface area contributed by atoms with Crippen molar-refractivity contribution in [3.05, 3.63) is 18.2 Å². The van der Waals surface area contributed by atoms with Crippen LogP contribution >= 0.6 is 0 Å². The Kier molecular flexibility index (Phi) is 6.77. The maximum absolute atomic E-state index is 12.2. The van der Waals surface area contributed by atoms with E-state index in [0.717, 1.165) is 6.07 Å². The number of hydrogen-bond donors (Lipinski definition) is 3. The largest absolute Gasteiger partial charge is 0.489 e. The second kappa shape index (κ2) is 8.36. The molecule has 0 heterocycles. The van der Waals surface area contributed by atoms with Crippen molar-refractivity contribution in [2.75, 3.05) is 12.3 Å². The number of halogens is 2. The number of nitrogens with one attached hydrogen (secondary N) is 1. The van der Waals surface area contributed by atoms with Crippen LogP contribution in [0.4, 0.5) is 19.3 Å². The molecular formula is C15H20F2N2O6. The Bertz CT molecular complexity index is 619. The zero-order chi connectivity index (χ0) is 19.2. The molecule has 0 aliphatic rings. The number of alkyl halides is 2. The zero-order valence-electron chi connectivity index (χ0n) is 13.9. The summed E-state index contributed by atoms with van der Waals surface area (Å²) < 4.78 is 38.8. The molecule has 0 unspecified atom stereocenters. The standard InChI is InChI=1S/C15H20F2N2O6/c1-15(2,3)25-14(22)19-10(12(20)21)7-23-11-6-8(24-13(16)17)4-5-9(11)18/h4-6,10,13H,7,18H2,1-3H3,(H,19,22)(H,20,21)/t10-/m0/s1. The van der Waals surface area contributed by atoms with Crippen LogP contribution in [0.2, 0.25) is 0 Å². The molecule has 1 aromatic carbocycles. The molecule has 4 N–H and O–H groups in total. The SMILES string of the molecule is CC(C)(C)OC(=O)N[C@@H](COc1cc(OC(F)F)ccc1N)C(=O)O. The van der Waals surface area contributed by atoms with Gasteiger partial charge in [0.15, 0.2) is 6.04 Å². The number of carboxylic acids is 1. The Morgan fingerprint density at radius 3 is 2.48 bits per heavy atom. The number of rotatable bonds is 7. The van der Waals surface area contributed by atoms with Crippen molar-refractivity contribution < 1.29 is 37.7 Å². The lowest BCUT2D eigenvalue weighted by Crippen LogP contribution is -2.46. The average molecular weight is 362 g/mol. The predicted molar refractivity (Wildman–Crippen MR) is 83.8 cm³/mol. The number of nitrogens with two attached hydrogens (primary N) is 1. The molecule has 1 amide bonds. The summed E-state index contributed by atoms with van der Waals surface area (Å²) in [6.45, 7) is 1.32. The van der Waals surface area contributed by atoms with Gasteiger partial charge in [0, 0.05) is 6.07 Å². The van der Waals surface area contributed by atoms with Gasteiger partial charge in [-0.15, -0.1) is 0 Å². The van der Waals surface area contributed by atoms with Crippen LogP contribution in [-0.4, -0.2) is 42.0 Å². The number of hydrogen-bond acceptors (Lipinski definition) is 6. The minimum atomic E-state index is -3.03. The summed E-state index contributed by atoms with van der Waals surface area (Å²) in [5, 5.41) is 11.3. The van der Waals surface area contributed by atoms with Gasteiger partial charge in [-0.3, -0.25) is 0 Å². The van der Waals surface area contributed by atoms with E-state index >= 15 is 0 Å². The van der Waals surface area contributed by atoms with E-state index in [4.69, 9.17) is 20.3 Å². The molecule has 0 spiro atoms. The molecule has 0 fully saturated rings. The van der Waals surface area contributed by atoms with Crippen molar-refractivity contribution in [3.8, 4) is 11.5 Å². The quantitative estimate of drug-likeness (QED) is 0.636. The molecule has 25 heavy (non-hydrogen) atoms. The molecule has 1 atom stereocenters. The molecule has 10 heteroatoms. The number of alkyl carbamates (subject to hydrolysis) is 1. The van der Waals surface area contributed by atoms with Crippen LogP contribution in [0.25, 0.3) is 0 Å². The Hall–Kier alpha value is -2.78. The number of carboxylic acid groups (broad SMARTS) is 1. The minimum Gasteiger partial charge on any atom is -0.489 e. The van der Waals surface area contributed by atoms with Crippen LogP contribution in [-0.2, 0) is 9.53 Å². The molecule has 1 rings (SSSR count). The van der Waals surface area contributed by atoms with Crippen molar-refractivity contribution in [1.29, 1.82) is 0 Å². The minimum absolute atomic E-state index is 0.0598. The molecule has 0 aliphatic heterocycles. The summed E-state index contributed by atoms with van der Waals surface area (Å²) in [7, 11) is 0. The van der Waals surface area contributed by atoms with E-state index in [1.54, 1.807) is 20.8 Å². The predicted octanol–water partition coefficient (Wildman–Crippen LogP) is 2.23. The number of benzene rings is 1. The number of nitrogen functional groups attached to an aromatic ring is 1. The molecule has 0 aliphatic carbocycles. The van der Waals surface area contributed by atoms with Crippen molar-refractivity contribution >= 4 is 17.7 Å². The Morgan fingerprint density at radius 1 is 1.32 bits per heavy atom. The Balaban J connectivity index is 2.74. The molecule has 0 radical (unpaired) electrons. The third-order valence-electron chi connectivity index (χ3n) is 2.60. The van der Waals surface area contributed by atoms with Crippen molar-refractivity contribution in [1.82, 2.24) is 5.32 Å². The van der Waals surface area contributed by atoms with Crippen LogP contribution in [0.15, 0.2) is 18.2 Å². The first-order valence-corrected chi connectivity index (χ1v) is 7.17. The number of carbonyl (C=O) groups is 2. The van der Waals surface area contributed by atoms with Gasteiger partial charge in [-0.1, -0.05) is 0 Å². The third kappa shape index (κ3) is 7.55. The molecule has 1 aromatic rings.